The Balaban J connectivity index is 1.83. The van der Waals surface area contributed by atoms with E-state index in [9.17, 15) is 9.90 Å². The van der Waals surface area contributed by atoms with E-state index in [0.717, 1.165) is 22.3 Å². The summed E-state index contributed by atoms with van der Waals surface area (Å²) in [6, 6.07) is 18.3. The minimum Gasteiger partial charge on any atom is -0.478 e. The first-order chi connectivity index (χ1) is 12.6. The van der Waals surface area contributed by atoms with Crippen molar-refractivity contribution in [1.82, 2.24) is 15.0 Å². The largest absolute Gasteiger partial charge is 0.478 e. The Kier molecular flexibility index (Phi) is 3.85. The number of H-pyrrole nitrogens is 1. The maximum atomic E-state index is 11.2. The molecule has 128 valence electrons. The van der Waals surface area contributed by atoms with E-state index < -0.39 is 5.97 Å². The molecule has 0 saturated carbocycles. The monoisotopic (exact) mass is 344 g/mol. The van der Waals surface area contributed by atoms with Crippen molar-refractivity contribution in [3.8, 4) is 11.4 Å². The Morgan fingerprint density at radius 2 is 1.85 bits per heavy atom. The highest BCUT2D eigenvalue weighted by Crippen LogP contribution is 2.28. The van der Waals surface area contributed by atoms with E-state index >= 15 is 0 Å². The average molecular weight is 344 g/mol. The molecule has 0 aliphatic carbocycles. The highest BCUT2D eigenvalue weighted by Gasteiger charge is 2.12. The number of anilines is 2. The van der Waals surface area contributed by atoms with Crippen molar-refractivity contribution in [2.45, 2.75) is 6.92 Å². The molecular formula is C20H16N4O2. The molecular weight excluding hydrogens is 328 g/mol. The van der Waals surface area contributed by atoms with Crippen LogP contribution in [-0.2, 0) is 0 Å². The Morgan fingerprint density at radius 3 is 2.62 bits per heavy atom. The molecule has 0 unspecified atom stereocenters. The lowest BCUT2D eigenvalue weighted by atomic mass is 10.2. The standard InChI is InChI=1S/C20H16N4O2/c1-12-10-16-18(21-12)23-17(13-6-3-2-4-7-13)24-19(16)22-15-9-5-8-14(11-15)20(25)26/h2-11H,1H3,(H,25,26)(H2,21,22,23,24). The zero-order valence-corrected chi connectivity index (χ0v) is 14.0. The lowest BCUT2D eigenvalue weighted by molar-refractivity contribution is 0.0697. The van der Waals surface area contributed by atoms with Gasteiger partial charge in [-0.3, -0.25) is 0 Å². The molecule has 2 aromatic heterocycles. The van der Waals surface area contributed by atoms with Crippen LogP contribution in [0.4, 0.5) is 11.5 Å². The van der Waals surface area contributed by atoms with Crippen molar-refractivity contribution in [1.29, 1.82) is 0 Å². The van der Waals surface area contributed by atoms with Crippen molar-refractivity contribution < 1.29 is 9.90 Å². The number of aromatic amines is 1. The summed E-state index contributed by atoms with van der Waals surface area (Å²) in [5.74, 6) is 0.251. The van der Waals surface area contributed by atoms with Crippen LogP contribution in [0.2, 0.25) is 0 Å². The maximum Gasteiger partial charge on any atom is 0.335 e. The van der Waals surface area contributed by atoms with Crippen LogP contribution in [-0.4, -0.2) is 26.0 Å². The molecule has 0 amide bonds. The van der Waals surface area contributed by atoms with Gasteiger partial charge in [-0.2, -0.15) is 0 Å². The van der Waals surface area contributed by atoms with Crippen LogP contribution in [0.25, 0.3) is 22.4 Å². The van der Waals surface area contributed by atoms with Crippen molar-refractivity contribution >= 4 is 28.5 Å². The van der Waals surface area contributed by atoms with E-state index in [2.05, 4.69) is 20.3 Å². The van der Waals surface area contributed by atoms with Crippen LogP contribution in [0.3, 0.4) is 0 Å². The molecule has 0 aliphatic heterocycles. The van der Waals surface area contributed by atoms with E-state index in [-0.39, 0.29) is 5.56 Å². The van der Waals surface area contributed by atoms with Gasteiger partial charge in [0, 0.05) is 16.9 Å². The van der Waals surface area contributed by atoms with E-state index in [4.69, 9.17) is 0 Å². The number of benzene rings is 2. The zero-order valence-electron chi connectivity index (χ0n) is 14.0. The lowest BCUT2D eigenvalue weighted by Crippen LogP contribution is -2.01. The number of carboxylic acid groups (broad SMARTS) is 1. The van der Waals surface area contributed by atoms with Crippen LogP contribution < -0.4 is 5.32 Å². The first kappa shape index (κ1) is 15.8. The van der Waals surface area contributed by atoms with Crippen LogP contribution in [0.1, 0.15) is 16.1 Å². The SMILES string of the molecule is Cc1cc2c(Nc3cccc(C(=O)O)c3)nc(-c3ccccc3)nc2[nH]1. The number of aromatic carboxylic acids is 1. The fourth-order valence-corrected chi connectivity index (χ4v) is 2.82. The molecule has 0 fully saturated rings. The summed E-state index contributed by atoms with van der Waals surface area (Å²) < 4.78 is 0. The van der Waals surface area contributed by atoms with E-state index in [1.54, 1.807) is 18.2 Å². The third-order valence-electron chi connectivity index (χ3n) is 4.03. The minimum absolute atomic E-state index is 0.217. The molecule has 2 heterocycles. The molecule has 0 radical (unpaired) electrons. The first-order valence-corrected chi connectivity index (χ1v) is 8.13. The topological polar surface area (TPSA) is 90.9 Å². The second kappa shape index (κ2) is 6.33. The number of rotatable bonds is 4. The summed E-state index contributed by atoms with van der Waals surface area (Å²) in [5.41, 5.74) is 3.48. The summed E-state index contributed by atoms with van der Waals surface area (Å²) in [6.07, 6.45) is 0. The third kappa shape index (κ3) is 3.00. The molecule has 0 saturated heterocycles. The third-order valence-corrected chi connectivity index (χ3v) is 4.03. The predicted octanol–water partition coefficient (Wildman–Crippen LogP) is 4.38. The molecule has 0 bridgehead atoms. The van der Waals surface area contributed by atoms with Crippen LogP contribution in [0.5, 0.6) is 0 Å². The Morgan fingerprint density at radius 1 is 1.04 bits per heavy atom. The van der Waals surface area contributed by atoms with Gasteiger partial charge in [0.1, 0.15) is 11.5 Å². The smallest absolute Gasteiger partial charge is 0.335 e. The van der Waals surface area contributed by atoms with Gasteiger partial charge in [-0.05, 0) is 31.2 Å². The van der Waals surface area contributed by atoms with E-state index in [1.807, 2.05) is 49.4 Å². The normalized spacial score (nSPS) is 10.8. The minimum atomic E-state index is -0.969. The molecule has 4 rings (SSSR count). The summed E-state index contributed by atoms with van der Waals surface area (Å²) >= 11 is 0. The van der Waals surface area contributed by atoms with Crippen LogP contribution in [0.15, 0.2) is 60.7 Å². The lowest BCUT2D eigenvalue weighted by Gasteiger charge is -2.09. The van der Waals surface area contributed by atoms with Crippen LogP contribution in [0, 0.1) is 6.92 Å². The molecule has 0 atom stereocenters. The van der Waals surface area contributed by atoms with E-state index in [1.165, 1.54) is 0 Å². The maximum absolute atomic E-state index is 11.2. The Labute approximate surface area is 149 Å². The molecule has 6 nitrogen and oxygen atoms in total. The molecule has 4 aromatic rings. The van der Waals surface area contributed by atoms with Crippen molar-refractivity contribution in [2.75, 3.05) is 5.32 Å². The molecule has 0 spiro atoms. The predicted molar refractivity (Wildman–Crippen MR) is 101 cm³/mol. The molecule has 0 aliphatic rings. The molecule has 2 aromatic carbocycles. The van der Waals surface area contributed by atoms with Gasteiger partial charge in [0.05, 0.1) is 10.9 Å². The van der Waals surface area contributed by atoms with Gasteiger partial charge in [-0.1, -0.05) is 36.4 Å². The number of nitrogens with zero attached hydrogens (tertiary/aromatic N) is 2. The van der Waals surface area contributed by atoms with Crippen molar-refractivity contribution in [2.24, 2.45) is 0 Å². The summed E-state index contributed by atoms with van der Waals surface area (Å²) in [5, 5.41) is 13.3. The van der Waals surface area contributed by atoms with Crippen LogP contribution >= 0.6 is 0 Å². The average Bonchev–Trinajstić information content (AvgIpc) is 3.03. The van der Waals surface area contributed by atoms with Gasteiger partial charge in [-0.15, -0.1) is 0 Å². The van der Waals surface area contributed by atoms with Gasteiger partial charge in [0.25, 0.3) is 0 Å². The summed E-state index contributed by atoms with van der Waals surface area (Å²) in [7, 11) is 0. The Hall–Kier alpha value is -3.67. The number of carboxylic acids is 1. The second-order valence-electron chi connectivity index (χ2n) is 5.99. The second-order valence-corrected chi connectivity index (χ2v) is 5.99. The highest BCUT2D eigenvalue weighted by atomic mass is 16.4. The number of hydrogen-bond acceptors (Lipinski definition) is 4. The van der Waals surface area contributed by atoms with Gasteiger partial charge >= 0.3 is 5.97 Å². The fraction of sp³-hybridized carbons (Fsp3) is 0.0500. The Bertz CT molecular complexity index is 1100. The van der Waals surface area contributed by atoms with Gasteiger partial charge in [0.2, 0.25) is 0 Å². The number of aromatic nitrogens is 3. The number of nitrogens with one attached hydrogen (secondary N) is 2. The summed E-state index contributed by atoms with van der Waals surface area (Å²) in [4.78, 5) is 23.7. The van der Waals surface area contributed by atoms with E-state index in [0.29, 0.717) is 17.3 Å². The number of aryl methyl sites for hydroxylation is 1. The number of carbonyl (C=O) groups is 1. The quantitative estimate of drug-likeness (QED) is 0.511. The fourth-order valence-electron chi connectivity index (χ4n) is 2.82. The first-order valence-electron chi connectivity index (χ1n) is 8.13. The molecule has 3 N–H and O–H groups in total. The van der Waals surface area contributed by atoms with Gasteiger partial charge < -0.3 is 15.4 Å². The molecule has 6 heteroatoms. The highest BCUT2D eigenvalue weighted by molar-refractivity contribution is 5.93. The van der Waals surface area contributed by atoms with Gasteiger partial charge in [-0.25, -0.2) is 14.8 Å². The van der Waals surface area contributed by atoms with Crippen molar-refractivity contribution in [3.05, 3.63) is 71.9 Å². The zero-order chi connectivity index (χ0) is 18.1. The number of fused-ring (bicyclic) bond motifs is 1. The summed E-state index contributed by atoms with van der Waals surface area (Å²) in [6.45, 7) is 1.96. The van der Waals surface area contributed by atoms with Gasteiger partial charge in [0.15, 0.2) is 5.82 Å². The number of hydrogen-bond donors (Lipinski definition) is 3. The molecule has 26 heavy (non-hydrogen) atoms. The van der Waals surface area contributed by atoms with Crippen molar-refractivity contribution in [3.63, 3.8) is 0 Å².